The Morgan fingerprint density at radius 1 is 1.16 bits per heavy atom. The molecule has 2 aromatic rings. The zero-order valence-corrected chi connectivity index (χ0v) is 18.8. The van der Waals surface area contributed by atoms with E-state index < -0.39 is 0 Å². The number of benzene rings is 2. The third kappa shape index (κ3) is 3.93. The first-order valence-electron chi connectivity index (χ1n) is 11.4. The van der Waals surface area contributed by atoms with E-state index in [1.807, 2.05) is 25.1 Å². The molecule has 3 aliphatic heterocycles. The first kappa shape index (κ1) is 21.1. The van der Waals surface area contributed by atoms with E-state index in [-0.39, 0.29) is 12.1 Å². The summed E-state index contributed by atoms with van der Waals surface area (Å²) in [5.74, 6) is -0.195. The summed E-state index contributed by atoms with van der Waals surface area (Å²) in [6, 6.07) is 10.5. The molecule has 0 aromatic heterocycles. The maximum atomic E-state index is 11.8. The van der Waals surface area contributed by atoms with E-state index in [1.165, 1.54) is 16.7 Å². The van der Waals surface area contributed by atoms with Crippen LogP contribution in [-0.2, 0) is 22.5 Å². The minimum atomic E-state index is -0.195. The summed E-state index contributed by atoms with van der Waals surface area (Å²) in [5.41, 5.74) is 7.21. The van der Waals surface area contributed by atoms with Gasteiger partial charge >= 0.3 is 5.97 Å². The summed E-state index contributed by atoms with van der Waals surface area (Å²) in [6.07, 6.45) is 1.06. The van der Waals surface area contributed by atoms with Crippen LogP contribution in [0.5, 0.6) is 0 Å². The van der Waals surface area contributed by atoms with Crippen molar-refractivity contribution in [3.63, 3.8) is 0 Å². The minimum Gasteiger partial charge on any atom is -0.457 e. The van der Waals surface area contributed by atoms with Crippen LogP contribution >= 0.6 is 0 Å². The number of morpholine rings is 1. The lowest BCUT2D eigenvalue weighted by molar-refractivity contribution is -0.0901. The molecule has 3 heterocycles. The number of hydrogen-bond donors (Lipinski definition) is 0. The summed E-state index contributed by atoms with van der Waals surface area (Å²) >= 11 is 0. The van der Waals surface area contributed by atoms with E-state index >= 15 is 0 Å². The number of rotatable bonds is 4. The fourth-order valence-corrected chi connectivity index (χ4v) is 5.21. The number of nitrogens with zero attached hydrogens (tertiary/aromatic N) is 3. The molecule has 0 unspecified atom stereocenters. The van der Waals surface area contributed by atoms with Gasteiger partial charge in [-0.15, -0.1) is 0 Å². The fraction of sp³-hybridized carbons (Fsp3) is 0.462. The van der Waals surface area contributed by atoms with Gasteiger partial charge in [0, 0.05) is 44.3 Å². The highest BCUT2D eigenvalue weighted by atomic mass is 16.5. The quantitative estimate of drug-likeness (QED) is 0.544. The summed E-state index contributed by atoms with van der Waals surface area (Å²) < 4.78 is 11.5. The first-order chi connectivity index (χ1) is 15.5. The van der Waals surface area contributed by atoms with Gasteiger partial charge in [0.2, 0.25) is 0 Å². The normalized spacial score (nSPS) is 23.3. The van der Waals surface area contributed by atoms with Crippen molar-refractivity contribution in [2.75, 3.05) is 39.3 Å². The van der Waals surface area contributed by atoms with Crippen molar-refractivity contribution in [3.05, 3.63) is 75.1 Å². The molecule has 0 N–H and O–H groups in total. The molecule has 32 heavy (non-hydrogen) atoms. The van der Waals surface area contributed by atoms with E-state index in [4.69, 9.17) is 16.0 Å². The lowest BCUT2D eigenvalue weighted by Crippen LogP contribution is -2.58. The Bertz CT molecular complexity index is 1090. The van der Waals surface area contributed by atoms with Gasteiger partial charge in [0.15, 0.2) is 5.69 Å². The number of fused-ring (bicyclic) bond motifs is 2. The van der Waals surface area contributed by atoms with Crippen LogP contribution in [0.15, 0.2) is 30.3 Å². The highest BCUT2D eigenvalue weighted by molar-refractivity contribution is 5.93. The van der Waals surface area contributed by atoms with Gasteiger partial charge in [-0.1, -0.05) is 24.3 Å². The van der Waals surface area contributed by atoms with Crippen molar-refractivity contribution in [1.82, 2.24) is 9.80 Å². The topological polar surface area (TPSA) is 46.4 Å². The number of aryl methyl sites for hydroxylation is 1. The highest BCUT2D eigenvalue weighted by Gasteiger charge is 2.34. The minimum absolute atomic E-state index is 0.0790. The maximum absolute atomic E-state index is 11.8. The second-order valence-electron chi connectivity index (χ2n) is 9.13. The number of carbonyl (C=O) groups excluding carboxylic acids is 1. The van der Waals surface area contributed by atoms with Crippen molar-refractivity contribution < 1.29 is 14.3 Å². The second kappa shape index (κ2) is 8.67. The van der Waals surface area contributed by atoms with E-state index in [0.717, 1.165) is 62.4 Å². The molecule has 0 aliphatic carbocycles. The monoisotopic (exact) mass is 431 g/mol. The number of carbonyl (C=O) groups is 1. The third-order valence-electron chi connectivity index (χ3n) is 7.27. The summed E-state index contributed by atoms with van der Waals surface area (Å²) in [4.78, 5) is 20.4. The van der Waals surface area contributed by atoms with Gasteiger partial charge in [0.1, 0.15) is 6.61 Å². The number of cyclic esters (lactones) is 1. The molecule has 5 rings (SSSR count). The van der Waals surface area contributed by atoms with Crippen molar-refractivity contribution in [1.29, 1.82) is 0 Å². The predicted octanol–water partition coefficient (Wildman–Crippen LogP) is 3.82. The third-order valence-corrected chi connectivity index (χ3v) is 7.27. The van der Waals surface area contributed by atoms with Gasteiger partial charge in [-0.05, 0) is 48.6 Å². The zero-order valence-electron chi connectivity index (χ0n) is 18.8. The Labute approximate surface area is 189 Å². The standard InChI is InChI=1S/C26H29N3O3/c1-17-12-20(5-7-24(17)27-3)25-14-29-11-10-28(13-21(29)15-31-25)9-8-19-4-6-22-23(18(19)2)16-32-26(22)30/h4-7,12,21,25H,8-11,13-16H2,1-2H3/t21-,25+/m0/s1. The van der Waals surface area contributed by atoms with Crippen molar-refractivity contribution in [2.45, 2.75) is 39.0 Å². The number of piperazine rings is 1. The van der Waals surface area contributed by atoms with E-state index in [2.05, 4.69) is 33.7 Å². The van der Waals surface area contributed by atoms with Crippen LogP contribution in [0, 0.1) is 20.4 Å². The van der Waals surface area contributed by atoms with Gasteiger partial charge in [-0.3, -0.25) is 4.90 Å². The molecule has 0 radical (unpaired) electrons. The van der Waals surface area contributed by atoms with Crippen LogP contribution in [0.3, 0.4) is 0 Å². The van der Waals surface area contributed by atoms with Crippen molar-refractivity contribution >= 4 is 11.7 Å². The lowest BCUT2D eigenvalue weighted by atomic mass is 9.96. The van der Waals surface area contributed by atoms with Crippen LogP contribution in [-0.4, -0.2) is 61.1 Å². The van der Waals surface area contributed by atoms with E-state index in [0.29, 0.717) is 18.3 Å². The fourth-order valence-electron chi connectivity index (χ4n) is 5.21. The van der Waals surface area contributed by atoms with Gasteiger partial charge in [-0.25, -0.2) is 9.64 Å². The Morgan fingerprint density at radius 3 is 2.84 bits per heavy atom. The molecule has 6 nitrogen and oxygen atoms in total. The highest BCUT2D eigenvalue weighted by Crippen LogP contribution is 2.30. The Morgan fingerprint density at radius 2 is 2.03 bits per heavy atom. The Balaban J connectivity index is 1.17. The van der Waals surface area contributed by atoms with Gasteiger partial charge in [-0.2, -0.15) is 0 Å². The van der Waals surface area contributed by atoms with E-state index in [9.17, 15) is 4.79 Å². The van der Waals surface area contributed by atoms with E-state index in [1.54, 1.807) is 0 Å². The second-order valence-corrected chi connectivity index (χ2v) is 9.13. The molecule has 2 aromatic carbocycles. The molecular formula is C26H29N3O3. The number of ether oxygens (including phenoxy) is 2. The largest absolute Gasteiger partial charge is 0.457 e. The predicted molar refractivity (Wildman–Crippen MR) is 122 cm³/mol. The molecular weight excluding hydrogens is 402 g/mol. The van der Waals surface area contributed by atoms with Crippen LogP contribution in [0.2, 0.25) is 0 Å². The number of hydrogen-bond acceptors (Lipinski definition) is 5. The summed E-state index contributed by atoms with van der Waals surface area (Å²) in [5, 5.41) is 0. The van der Waals surface area contributed by atoms with Crippen LogP contribution in [0.1, 0.15) is 44.3 Å². The molecule has 0 amide bonds. The molecule has 166 valence electrons. The van der Waals surface area contributed by atoms with Gasteiger partial charge < -0.3 is 14.4 Å². The van der Waals surface area contributed by atoms with Crippen LogP contribution in [0.25, 0.3) is 4.85 Å². The molecule has 0 bridgehead atoms. The average Bonchev–Trinajstić information content (AvgIpc) is 3.19. The van der Waals surface area contributed by atoms with Crippen molar-refractivity contribution in [3.8, 4) is 0 Å². The molecule has 6 heteroatoms. The number of esters is 1. The summed E-state index contributed by atoms with van der Waals surface area (Å²) in [6.45, 7) is 17.5. The molecule has 0 spiro atoms. The lowest BCUT2D eigenvalue weighted by Gasteiger charge is -2.46. The summed E-state index contributed by atoms with van der Waals surface area (Å²) in [7, 11) is 0. The Hall–Kier alpha value is -2.72. The molecule has 2 fully saturated rings. The Kier molecular flexibility index (Phi) is 5.73. The van der Waals surface area contributed by atoms with Gasteiger partial charge in [0.05, 0.1) is 24.8 Å². The molecule has 0 saturated carbocycles. The molecule has 2 saturated heterocycles. The molecule has 2 atom stereocenters. The molecule has 3 aliphatic rings. The first-order valence-corrected chi connectivity index (χ1v) is 11.4. The zero-order chi connectivity index (χ0) is 22.2. The van der Waals surface area contributed by atoms with Crippen molar-refractivity contribution in [2.24, 2.45) is 0 Å². The average molecular weight is 432 g/mol. The van der Waals surface area contributed by atoms with Gasteiger partial charge in [0.25, 0.3) is 0 Å². The van der Waals surface area contributed by atoms with Crippen LogP contribution in [0.4, 0.5) is 5.69 Å². The SMILES string of the molecule is [C-]#[N+]c1ccc([C@H]2CN3CCN(CCc4ccc5c(c4C)COC5=O)C[C@H]3CO2)cc1C. The van der Waals surface area contributed by atoms with Crippen LogP contribution < -0.4 is 0 Å². The smallest absolute Gasteiger partial charge is 0.338 e. The maximum Gasteiger partial charge on any atom is 0.338 e.